The molecule has 330 valence electrons. The van der Waals surface area contributed by atoms with Gasteiger partial charge in [-0.25, -0.2) is 9.59 Å². The summed E-state index contributed by atoms with van der Waals surface area (Å²) in [5, 5.41) is 0. The number of methoxy groups -OCH3 is 2. The van der Waals surface area contributed by atoms with E-state index in [0.717, 1.165) is 122 Å². The number of hydrogen-bond donors (Lipinski definition) is 0. The highest BCUT2D eigenvalue weighted by atomic mass is 16.6. The van der Waals surface area contributed by atoms with Gasteiger partial charge in [0, 0.05) is 26.1 Å². The molecule has 0 bridgehead atoms. The molecule has 0 fully saturated rings. The Labute approximate surface area is 342 Å². The molecule has 0 aliphatic heterocycles. The third-order valence-corrected chi connectivity index (χ3v) is 10.5. The molecular formula is C46H86O10. The fourth-order valence-electron chi connectivity index (χ4n) is 7.05. The Morgan fingerprint density at radius 2 is 0.643 bits per heavy atom. The van der Waals surface area contributed by atoms with Gasteiger partial charge in [0.2, 0.25) is 0 Å². The van der Waals surface area contributed by atoms with E-state index in [1.807, 2.05) is 0 Å². The van der Waals surface area contributed by atoms with Crippen LogP contribution >= 0.6 is 0 Å². The Morgan fingerprint density at radius 3 is 0.946 bits per heavy atom. The van der Waals surface area contributed by atoms with Crippen molar-refractivity contribution < 1.29 is 47.6 Å². The maximum atomic E-state index is 13.6. The molecule has 0 aromatic rings. The van der Waals surface area contributed by atoms with Crippen LogP contribution in [-0.2, 0) is 47.6 Å². The molecule has 10 heteroatoms. The first-order chi connectivity index (χ1) is 27.3. The van der Waals surface area contributed by atoms with Gasteiger partial charge in [0.05, 0.1) is 26.4 Å². The molecule has 0 rings (SSSR count). The number of ether oxygens (including phenoxy) is 6. The van der Waals surface area contributed by atoms with Gasteiger partial charge in [-0.15, -0.1) is 0 Å². The lowest BCUT2D eigenvalue weighted by atomic mass is 9.99. The first-order valence-corrected chi connectivity index (χ1v) is 23.1. The van der Waals surface area contributed by atoms with E-state index in [-0.39, 0.29) is 24.1 Å². The van der Waals surface area contributed by atoms with E-state index in [0.29, 0.717) is 38.9 Å². The van der Waals surface area contributed by atoms with Gasteiger partial charge >= 0.3 is 23.9 Å². The van der Waals surface area contributed by atoms with E-state index in [1.54, 1.807) is 0 Å². The van der Waals surface area contributed by atoms with E-state index in [2.05, 4.69) is 27.7 Å². The van der Waals surface area contributed by atoms with Crippen molar-refractivity contribution in [1.82, 2.24) is 0 Å². The molecule has 10 nitrogen and oxygen atoms in total. The van der Waals surface area contributed by atoms with Gasteiger partial charge in [0.1, 0.15) is 12.2 Å². The van der Waals surface area contributed by atoms with Crippen molar-refractivity contribution in [2.24, 2.45) is 0 Å². The zero-order chi connectivity index (χ0) is 41.5. The minimum absolute atomic E-state index is 0.173. The average Bonchev–Trinajstić information content (AvgIpc) is 3.20. The first kappa shape index (κ1) is 53.8. The molecule has 0 aliphatic carbocycles. The Kier molecular flexibility index (Phi) is 38.1. The predicted octanol–water partition coefficient (Wildman–Crippen LogP) is 11.7. The second kappa shape index (κ2) is 39.6. The topological polar surface area (TPSA) is 124 Å². The van der Waals surface area contributed by atoms with Crippen molar-refractivity contribution in [3.8, 4) is 0 Å². The van der Waals surface area contributed by atoms with Crippen molar-refractivity contribution in [2.45, 2.75) is 245 Å². The number of hydrogen-bond acceptors (Lipinski definition) is 10. The zero-order valence-electron chi connectivity index (χ0n) is 37.0. The van der Waals surface area contributed by atoms with Crippen molar-refractivity contribution in [3.63, 3.8) is 0 Å². The smallest absolute Gasteiger partial charge is 0.417 e. The summed E-state index contributed by atoms with van der Waals surface area (Å²) in [6.45, 7) is 9.67. The molecule has 0 amide bonds. The van der Waals surface area contributed by atoms with Crippen molar-refractivity contribution >= 4 is 23.9 Å². The standard InChI is InChI=1S/C46H86O10/c1-7-11-13-15-19-25-31-39(53-37-9-3)42(34-28-22-18-24-30-36-44(48)52-6)56-46(50)45(49)55-41(33-27-20-16-14-12-8-2)40(54-38-10-4)32-26-21-17-23-29-35-43(47)51-5/h39-42H,7-38H2,1-6H3. The Morgan fingerprint density at radius 1 is 0.357 bits per heavy atom. The predicted molar refractivity (Wildman–Crippen MR) is 224 cm³/mol. The van der Waals surface area contributed by atoms with Gasteiger partial charge in [0.25, 0.3) is 0 Å². The van der Waals surface area contributed by atoms with E-state index >= 15 is 0 Å². The van der Waals surface area contributed by atoms with Gasteiger partial charge < -0.3 is 28.4 Å². The van der Waals surface area contributed by atoms with Crippen LogP contribution < -0.4 is 0 Å². The van der Waals surface area contributed by atoms with Crippen LogP contribution in [0.3, 0.4) is 0 Å². The zero-order valence-corrected chi connectivity index (χ0v) is 37.0. The number of rotatable bonds is 40. The highest BCUT2D eigenvalue weighted by Gasteiger charge is 2.33. The molecule has 0 N–H and O–H groups in total. The quantitative estimate of drug-likeness (QED) is 0.0256. The Bertz CT molecular complexity index is 941. The van der Waals surface area contributed by atoms with Gasteiger partial charge in [0.15, 0.2) is 0 Å². The van der Waals surface area contributed by atoms with Crippen molar-refractivity contribution in [3.05, 3.63) is 0 Å². The molecular weight excluding hydrogens is 712 g/mol. The highest BCUT2D eigenvalue weighted by Crippen LogP contribution is 2.24. The number of carbonyl (C=O) groups is 4. The largest absolute Gasteiger partial charge is 0.469 e. The summed E-state index contributed by atoms with van der Waals surface area (Å²) < 4.78 is 34.3. The van der Waals surface area contributed by atoms with Crippen LogP contribution in [0.15, 0.2) is 0 Å². The summed E-state index contributed by atoms with van der Waals surface area (Å²) in [5.74, 6) is -2.26. The lowest BCUT2D eigenvalue weighted by molar-refractivity contribution is -0.183. The van der Waals surface area contributed by atoms with Gasteiger partial charge in [-0.05, 0) is 64.2 Å². The van der Waals surface area contributed by atoms with Gasteiger partial charge in [-0.1, -0.05) is 143 Å². The maximum Gasteiger partial charge on any atom is 0.417 e. The second-order valence-electron chi connectivity index (χ2n) is 15.6. The average molecular weight is 799 g/mol. The third-order valence-electron chi connectivity index (χ3n) is 10.5. The van der Waals surface area contributed by atoms with E-state index in [1.165, 1.54) is 59.2 Å². The van der Waals surface area contributed by atoms with Crippen LogP contribution in [0.4, 0.5) is 0 Å². The first-order valence-electron chi connectivity index (χ1n) is 23.1. The van der Waals surface area contributed by atoms with Gasteiger partial charge in [-0.3, -0.25) is 9.59 Å². The fraction of sp³-hybridized carbons (Fsp3) is 0.913. The molecule has 0 saturated heterocycles. The highest BCUT2D eigenvalue weighted by molar-refractivity contribution is 6.29. The van der Waals surface area contributed by atoms with Crippen LogP contribution in [0.25, 0.3) is 0 Å². The molecule has 0 aromatic carbocycles. The summed E-state index contributed by atoms with van der Waals surface area (Å²) in [6, 6.07) is 0. The van der Waals surface area contributed by atoms with E-state index < -0.39 is 24.1 Å². The monoisotopic (exact) mass is 799 g/mol. The number of esters is 4. The SMILES string of the molecule is CCCCCCCCC(OCCC)C(CCCCCCCC(=O)OC)OC(=O)C(=O)OC(CCCCCCCC)C(CCCCCCCC(=O)OC)OCCC. The number of carbonyl (C=O) groups excluding carboxylic acids is 4. The summed E-state index contributed by atoms with van der Waals surface area (Å²) in [4.78, 5) is 50.2. The molecule has 0 heterocycles. The molecule has 0 saturated carbocycles. The van der Waals surface area contributed by atoms with E-state index in [9.17, 15) is 19.2 Å². The van der Waals surface area contributed by atoms with Crippen LogP contribution in [0.2, 0.25) is 0 Å². The lowest BCUT2D eigenvalue weighted by Crippen LogP contribution is -2.40. The third kappa shape index (κ3) is 30.9. The molecule has 4 unspecified atom stereocenters. The number of unbranched alkanes of at least 4 members (excludes halogenated alkanes) is 18. The Hall–Kier alpha value is -2.20. The van der Waals surface area contributed by atoms with E-state index in [4.69, 9.17) is 28.4 Å². The second-order valence-corrected chi connectivity index (χ2v) is 15.6. The summed E-state index contributed by atoms with van der Waals surface area (Å²) in [6.07, 6.45) is 26.3. The van der Waals surface area contributed by atoms with Crippen molar-refractivity contribution in [2.75, 3.05) is 27.4 Å². The summed E-state index contributed by atoms with van der Waals surface area (Å²) >= 11 is 0. The minimum atomic E-state index is -0.950. The molecule has 0 aromatic heterocycles. The van der Waals surface area contributed by atoms with Gasteiger partial charge in [-0.2, -0.15) is 0 Å². The van der Waals surface area contributed by atoms with Crippen LogP contribution in [-0.4, -0.2) is 75.7 Å². The van der Waals surface area contributed by atoms with Crippen LogP contribution in [0.1, 0.15) is 220 Å². The Balaban J connectivity index is 5.77. The van der Waals surface area contributed by atoms with Crippen LogP contribution in [0.5, 0.6) is 0 Å². The molecule has 0 radical (unpaired) electrons. The summed E-state index contributed by atoms with van der Waals surface area (Å²) in [5.41, 5.74) is 0. The molecule has 0 spiro atoms. The normalized spacial score (nSPS) is 13.5. The van der Waals surface area contributed by atoms with Crippen LogP contribution in [0, 0.1) is 0 Å². The lowest BCUT2D eigenvalue weighted by Gasteiger charge is -2.29. The molecule has 0 aliphatic rings. The summed E-state index contributed by atoms with van der Waals surface area (Å²) in [7, 11) is 2.83. The fourth-order valence-corrected chi connectivity index (χ4v) is 7.05. The van der Waals surface area contributed by atoms with Crippen molar-refractivity contribution in [1.29, 1.82) is 0 Å². The maximum absolute atomic E-state index is 13.6. The molecule has 4 atom stereocenters. The molecule has 56 heavy (non-hydrogen) atoms. The minimum Gasteiger partial charge on any atom is -0.469 e.